The normalized spacial score (nSPS) is 11.2. The summed E-state index contributed by atoms with van der Waals surface area (Å²) < 4.78 is -0.138. The summed E-state index contributed by atoms with van der Waals surface area (Å²) in [5.74, 6) is -0.208. The van der Waals surface area contributed by atoms with Crippen LogP contribution in [0.25, 0.3) is 0 Å². The molecule has 1 aromatic carbocycles. The second kappa shape index (κ2) is 7.57. The molecule has 20 heavy (non-hydrogen) atoms. The number of halogens is 1. The molecule has 1 rings (SSSR count). The lowest BCUT2D eigenvalue weighted by molar-refractivity contribution is -0.306. The van der Waals surface area contributed by atoms with Crippen molar-refractivity contribution in [1.29, 1.82) is 0 Å². The van der Waals surface area contributed by atoms with Crippen molar-refractivity contribution in [2.75, 3.05) is 11.9 Å². The third-order valence-corrected chi connectivity index (χ3v) is 2.58. The van der Waals surface area contributed by atoms with Gasteiger partial charge in [-0.15, -0.1) is 0 Å². The van der Waals surface area contributed by atoms with Gasteiger partial charge in [-0.05, 0) is 26.8 Å². The maximum Gasteiger partial charge on any atom is 0.250 e. The summed E-state index contributed by atoms with van der Waals surface area (Å²) >= 11 is 3.46. The molecule has 0 saturated carbocycles. The molecule has 1 amide bonds. The van der Waals surface area contributed by atoms with Gasteiger partial charge >= 0.3 is 0 Å². The number of hydrogen-bond donors (Lipinski definition) is 1. The molecule has 0 unspecified atom stereocenters. The van der Waals surface area contributed by atoms with Crippen molar-refractivity contribution in [2.24, 2.45) is 0 Å². The summed E-state index contributed by atoms with van der Waals surface area (Å²) in [7, 11) is 0. The summed E-state index contributed by atoms with van der Waals surface area (Å²) in [6.07, 6.45) is 0. The quantitative estimate of drug-likeness (QED) is 0.269. The second-order valence-electron chi connectivity index (χ2n) is 5.13. The topological polar surface area (TPSA) is 47.6 Å². The first kappa shape index (κ1) is 16.9. The zero-order valence-electron chi connectivity index (χ0n) is 12.0. The van der Waals surface area contributed by atoms with Gasteiger partial charge in [0.05, 0.1) is 6.61 Å². The Morgan fingerprint density at radius 3 is 2.60 bits per heavy atom. The smallest absolute Gasteiger partial charge is 0.250 e. The van der Waals surface area contributed by atoms with Crippen molar-refractivity contribution >= 4 is 27.5 Å². The Hall–Kier alpha value is -1.17. The van der Waals surface area contributed by atoms with Crippen LogP contribution in [0.2, 0.25) is 0 Å². The Kier molecular flexibility index (Phi) is 6.39. The van der Waals surface area contributed by atoms with Gasteiger partial charge in [-0.2, -0.15) is 0 Å². The lowest BCUT2D eigenvalue weighted by Gasteiger charge is -2.15. The van der Waals surface area contributed by atoms with Crippen molar-refractivity contribution in [2.45, 2.75) is 31.7 Å². The molecule has 110 valence electrons. The molecular weight excluding hydrogens is 322 g/mol. The number of rotatable bonds is 7. The number of amides is 1. The van der Waals surface area contributed by atoms with E-state index in [-0.39, 0.29) is 16.8 Å². The molecule has 0 spiro atoms. The van der Waals surface area contributed by atoms with Crippen molar-refractivity contribution in [3.63, 3.8) is 0 Å². The number of para-hydroxylation sites is 1. The fourth-order valence-corrected chi connectivity index (χ4v) is 1.38. The highest BCUT2D eigenvalue weighted by Gasteiger charge is 2.13. The van der Waals surface area contributed by atoms with Crippen molar-refractivity contribution in [1.82, 2.24) is 0 Å². The van der Waals surface area contributed by atoms with Gasteiger partial charge in [-0.25, -0.2) is 9.78 Å². The molecule has 1 N–H and O–H groups in total. The lowest BCUT2D eigenvalue weighted by atomic mass is 10.2. The minimum absolute atomic E-state index is 0.138. The Labute approximate surface area is 128 Å². The minimum atomic E-state index is -0.208. The second-order valence-corrected chi connectivity index (χ2v) is 7.28. The van der Waals surface area contributed by atoms with Gasteiger partial charge in [-0.3, -0.25) is 4.79 Å². The number of hydrogen-bond acceptors (Lipinski definition) is 3. The van der Waals surface area contributed by atoms with E-state index in [0.717, 1.165) is 5.56 Å². The van der Waals surface area contributed by atoms with E-state index in [4.69, 9.17) is 9.78 Å². The molecule has 0 saturated heterocycles. The van der Waals surface area contributed by atoms with E-state index in [2.05, 4.69) is 27.8 Å². The standard InChI is InChI=1S/C15H20BrNO3/c1-11(2)14(18)17-13-8-6-5-7-12(13)9-19-20-10-15(3,4)16/h5-8H,1,9-10H2,2-4H3,(H,17,18). The number of nitrogens with one attached hydrogen (secondary N) is 1. The van der Waals surface area contributed by atoms with E-state index >= 15 is 0 Å². The molecule has 4 nitrogen and oxygen atoms in total. The van der Waals surface area contributed by atoms with Gasteiger partial charge in [0.15, 0.2) is 0 Å². The minimum Gasteiger partial charge on any atom is -0.322 e. The van der Waals surface area contributed by atoms with Gasteiger partial charge in [-0.1, -0.05) is 40.7 Å². The molecule has 0 atom stereocenters. The SMILES string of the molecule is C=C(C)C(=O)Nc1ccccc1COOCC(C)(C)Br. The Bertz CT molecular complexity index is 480. The van der Waals surface area contributed by atoms with Gasteiger partial charge in [0.25, 0.3) is 5.91 Å². The van der Waals surface area contributed by atoms with E-state index in [1.165, 1.54) is 0 Å². The number of alkyl halides is 1. The van der Waals surface area contributed by atoms with Crippen LogP contribution in [0.1, 0.15) is 26.3 Å². The Morgan fingerprint density at radius 1 is 1.35 bits per heavy atom. The van der Waals surface area contributed by atoms with Crippen LogP contribution in [-0.4, -0.2) is 16.8 Å². The highest BCUT2D eigenvalue weighted by molar-refractivity contribution is 9.10. The van der Waals surface area contributed by atoms with Crippen LogP contribution in [0.4, 0.5) is 5.69 Å². The van der Waals surface area contributed by atoms with Crippen LogP contribution in [0.5, 0.6) is 0 Å². The highest BCUT2D eigenvalue weighted by atomic mass is 79.9. The summed E-state index contributed by atoms with van der Waals surface area (Å²) in [6.45, 7) is 9.92. The maximum absolute atomic E-state index is 11.6. The van der Waals surface area contributed by atoms with Crippen LogP contribution < -0.4 is 5.32 Å². The van der Waals surface area contributed by atoms with E-state index in [1.54, 1.807) is 6.92 Å². The largest absolute Gasteiger partial charge is 0.322 e. The summed E-state index contributed by atoms with van der Waals surface area (Å²) in [4.78, 5) is 21.9. The predicted octanol–water partition coefficient (Wildman–Crippen LogP) is 3.82. The van der Waals surface area contributed by atoms with Crippen LogP contribution >= 0.6 is 15.9 Å². The van der Waals surface area contributed by atoms with Crippen molar-refractivity contribution in [3.8, 4) is 0 Å². The third-order valence-electron chi connectivity index (χ3n) is 2.35. The van der Waals surface area contributed by atoms with Crippen molar-refractivity contribution < 1.29 is 14.6 Å². The number of anilines is 1. The monoisotopic (exact) mass is 341 g/mol. The average molecular weight is 342 g/mol. The molecule has 0 bridgehead atoms. The summed E-state index contributed by atoms with van der Waals surface area (Å²) in [5, 5.41) is 2.78. The lowest BCUT2D eigenvalue weighted by Crippen LogP contribution is -2.18. The maximum atomic E-state index is 11.6. The van der Waals surface area contributed by atoms with Gasteiger partial charge in [0.2, 0.25) is 0 Å². The molecule has 0 radical (unpaired) electrons. The number of carbonyl (C=O) groups excluding carboxylic acids is 1. The van der Waals surface area contributed by atoms with Gasteiger partial charge in [0, 0.05) is 21.1 Å². The van der Waals surface area contributed by atoms with Crippen molar-refractivity contribution in [3.05, 3.63) is 42.0 Å². The molecule has 0 heterocycles. The van der Waals surface area contributed by atoms with E-state index in [1.807, 2.05) is 38.1 Å². The fraction of sp³-hybridized carbons (Fsp3) is 0.400. The van der Waals surface area contributed by atoms with Crippen LogP contribution in [0.15, 0.2) is 36.4 Å². The Balaban J connectivity index is 2.57. The van der Waals surface area contributed by atoms with Crippen LogP contribution in [0, 0.1) is 0 Å². The third kappa shape index (κ3) is 6.32. The van der Waals surface area contributed by atoms with Gasteiger partial charge < -0.3 is 5.32 Å². The first-order chi connectivity index (χ1) is 9.29. The summed E-state index contributed by atoms with van der Waals surface area (Å²) in [5.41, 5.74) is 2.00. The van der Waals surface area contributed by atoms with Crippen LogP contribution in [0.3, 0.4) is 0 Å². The number of carbonyl (C=O) groups is 1. The highest BCUT2D eigenvalue weighted by Crippen LogP contribution is 2.19. The molecule has 5 heteroatoms. The zero-order valence-corrected chi connectivity index (χ0v) is 13.6. The Morgan fingerprint density at radius 2 is 2.00 bits per heavy atom. The summed E-state index contributed by atoms with van der Waals surface area (Å²) in [6, 6.07) is 7.41. The zero-order chi connectivity index (χ0) is 15.2. The predicted molar refractivity (Wildman–Crippen MR) is 83.6 cm³/mol. The first-order valence-corrected chi connectivity index (χ1v) is 7.07. The average Bonchev–Trinajstić information content (AvgIpc) is 2.35. The number of benzene rings is 1. The van der Waals surface area contributed by atoms with Crippen LogP contribution in [-0.2, 0) is 21.2 Å². The molecule has 0 aliphatic carbocycles. The molecular formula is C15H20BrNO3. The molecule has 0 aromatic heterocycles. The molecule has 1 aromatic rings. The van der Waals surface area contributed by atoms with Gasteiger partial charge in [0.1, 0.15) is 6.61 Å². The van der Waals surface area contributed by atoms with E-state index in [0.29, 0.717) is 17.9 Å². The molecule has 0 aliphatic heterocycles. The molecule has 0 fully saturated rings. The first-order valence-electron chi connectivity index (χ1n) is 6.28. The van der Waals surface area contributed by atoms with E-state index < -0.39 is 0 Å². The molecule has 0 aliphatic rings. The van der Waals surface area contributed by atoms with E-state index in [9.17, 15) is 4.79 Å². The fourth-order valence-electron chi connectivity index (χ4n) is 1.28.